The van der Waals surface area contributed by atoms with Crippen LogP contribution in [0.1, 0.15) is 90.0 Å². The van der Waals surface area contributed by atoms with E-state index >= 15 is 0 Å². The van der Waals surface area contributed by atoms with Crippen molar-refractivity contribution < 1.29 is 88.7 Å². The number of hydroxylamine groups is 2. The second-order valence-corrected chi connectivity index (χ2v) is 22.6. The van der Waals surface area contributed by atoms with E-state index in [-0.39, 0.29) is 29.6 Å². The van der Waals surface area contributed by atoms with Crippen LogP contribution in [0.25, 0.3) is 17.4 Å². The predicted octanol–water partition coefficient (Wildman–Crippen LogP) is 6.01. The second kappa shape index (κ2) is 36.8. The van der Waals surface area contributed by atoms with Crippen LogP contribution in [-0.4, -0.2) is 202 Å². The van der Waals surface area contributed by atoms with Crippen molar-refractivity contribution in [2.24, 2.45) is 0 Å². The summed E-state index contributed by atoms with van der Waals surface area (Å²) in [6.45, 7) is 21.4. The lowest BCUT2D eigenvalue weighted by molar-refractivity contribution is -0.197. The molecule has 0 bridgehead atoms. The average molecular weight is 1190 g/mol. The van der Waals surface area contributed by atoms with Crippen LogP contribution in [0.15, 0.2) is 69.6 Å². The van der Waals surface area contributed by atoms with Crippen LogP contribution < -0.4 is 14.8 Å². The second-order valence-electron chi connectivity index (χ2n) is 21.2. The summed E-state index contributed by atoms with van der Waals surface area (Å²) in [5, 5.41) is 1.48. The van der Waals surface area contributed by atoms with Crippen molar-refractivity contribution in [3.05, 3.63) is 82.6 Å². The zero-order valence-electron chi connectivity index (χ0n) is 49.8. The van der Waals surface area contributed by atoms with Gasteiger partial charge in [-0.05, 0) is 60.4 Å². The maximum atomic E-state index is 12.5. The number of imide groups is 1. The lowest BCUT2D eigenvalue weighted by Crippen LogP contribution is -2.36. The largest absolute Gasteiger partial charge is 0.460 e. The molecular formula is C60H90N3O19S+. The van der Waals surface area contributed by atoms with Crippen LogP contribution >= 0.6 is 0 Å². The van der Waals surface area contributed by atoms with Crippen molar-refractivity contribution in [1.82, 2.24) is 9.64 Å². The number of nitrogens with zero attached hydrogens (tertiary/aromatic N) is 3. The third-order valence-corrected chi connectivity index (χ3v) is 14.4. The van der Waals surface area contributed by atoms with Crippen molar-refractivity contribution >= 4 is 39.7 Å². The Morgan fingerprint density at radius 2 is 1.16 bits per heavy atom. The summed E-state index contributed by atoms with van der Waals surface area (Å²) in [6.07, 6.45) is 7.86. The van der Waals surface area contributed by atoms with E-state index in [9.17, 15) is 27.4 Å². The minimum atomic E-state index is -4.48. The zero-order chi connectivity index (χ0) is 59.9. The summed E-state index contributed by atoms with van der Waals surface area (Å²) in [6, 6.07) is 12.9. The van der Waals surface area contributed by atoms with Gasteiger partial charge in [-0.1, -0.05) is 53.2 Å². The summed E-state index contributed by atoms with van der Waals surface area (Å²) in [7, 11) is -1.21. The number of anilines is 1. The molecule has 4 aliphatic rings. The van der Waals surface area contributed by atoms with Crippen LogP contribution in [0.2, 0.25) is 0 Å². The van der Waals surface area contributed by atoms with Gasteiger partial charge in [-0.15, -0.1) is 5.06 Å². The molecule has 0 aromatic heterocycles. The molecule has 1 aromatic rings. The molecule has 0 radical (unpaired) electrons. The van der Waals surface area contributed by atoms with E-state index in [0.29, 0.717) is 182 Å². The minimum Gasteiger partial charge on any atom is -0.460 e. The number of methoxy groups -OCH3 is 2. The Morgan fingerprint density at radius 1 is 0.663 bits per heavy atom. The predicted molar refractivity (Wildman–Crippen MR) is 310 cm³/mol. The monoisotopic (exact) mass is 1190 g/mol. The first-order chi connectivity index (χ1) is 39.9. The van der Waals surface area contributed by atoms with Gasteiger partial charge in [0.25, 0.3) is 21.9 Å². The molecule has 83 heavy (non-hydrogen) atoms. The molecule has 1 saturated heterocycles. The van der Waals surface area contributed by atoms with Crippen molar-refractivity contribution in [1.29, 1.82) is 0 Å². The highest BCUT2D eigenvalue weighted by Crippen LogP contribution is 2.48. The summed E-state index contributed by atoms with van der Waals surface area (Å²) in [5.41, 5.74) is 3.22. The fourth-order valence-corrected chi connectivity index (χ4v) is 9.48. The molecule has 1 aromatic carbocycles. The average Bonchev–Trinajstić information content (AvgIpc) is 3.43. The fourth-order valence-electron chi connectivity index (χ4n) is 8.97. The standard InChI is InChI=1S/C60H89N3O19S/c1-59(2,3)55-44-47(12-11-13-54-60(4,5)51-46-49(83(67,68)69)16-18-52(51)62(54)21-10-8-9-14-58(66)82-63-56(64)19-20-57(63)65)50-17-15-48(45-53(50)81-55)61(22-24-72-30-32-76-38-40-78-36-34-74-28-26-70-6)23-25-73-31-33-77-39-41-80-43-42-79-37-35-75-29-27-71-7/h11-13,15-18,44-46H,8-10,14,19-43H2,1-7H3/p+1. The first kappa shape index (κ1) is 68.8. The molecule has 3 aliphatic heterocycles. The summed E-state index contributed by atoms with van der Waals surface area (Å²) >= 11 is 0. The Hall–Kier alpha value is -4.99. The number of carbonyl (C=O) groups excluding carboxylic acids is 3. The SMILES string of the molecule is COCCOCCOCCOCCOCCOCC[N+](CCOCCOCCOCCOCCOC)=c1ccc2c(/C=C/C=C3/N(CCCCCC(=O)ON4C(=O)CCC4=O)c4ccc(S(=O)(=O)O)cc4C3(C)C)cc(C(C)(C)C)oc-2c1. The van der Waals surface area contributed by atoms with Crippen LogP contribution in [-0.2, 0) is 92.3 Å². The zero-order valence-corrected chi connectivity index (χ0v) is 50.6. The molecule has 0 unspecified atom stereocenters. The van der Waals surface area contributed by atoms with Gasteiger partial charge >= 0.3 is 5.97 Å². The third-order valence-electron chi connectivity index (χ3n) is 13.5. The smallest absolute Gasteiger partial charge is 0.333 e. The molecule has 1 aliphatic carbocycles. The number of fused-ring (bicyclic) bond motifs is 2. The Labute approximate surface area is 489 Å². The highest BCUT2D eigenvalue weighted by Gasteiger charge is 2.40. The van der Waals surface area contributed by atoms with Crippen LogP contribution in [0.5, 0.6) is 0 Å². The number of rotatable bonds is 43. The van der Waals surface area contributed by atoms with Gasteiger partial charge < -0.3 is 66.3 Å². The first-order valence-corrected chi connectivity index (χ1v) is 30.1. The Kier molecular flexibility index (Phi) is 30.5. The van der Waals surface area contributed by atoms with Crippen molar-refractivity contribution in [2.75, 3.05) is 171 Å². The highest BCUT2D eigenvalue weighted by atomic mass is 32.2. The van der Waals surface area contributed by atoms with E-state index in [1.165, 1.54) is 12.1 Å². The van der Waals surface area contributed by atoms with Gasteiger partial charge in [-0.3, -0.25) is 14.1 Å². The van der Waals surface area contributed by atoms with E-state index < -0.39 is 33.3 Å². The molecular weight excluding hydrogens is 1100 g/mol. The number of amides is 2. The molecule has 3 heterocycles. The van der Waals surface area contributed by atoms with Crippen LogP contribution in [0.3, 0.4) is 0 Å². The molecule has 0 atom stereocenters. The number of unbranched alkanes of at least 4 members (excludes halogenated alkanes) is 2. The minimum absolute atomic E-state index is 0.0219. The number of benzene rings is 2. The number of hydrogen-bond donors (Lipinski definition) is 1. The number of hydrogen-bond acceptors (Lipinski definition) is 19. The maximum absolute atomic E-state index is 12.5. The summed E-state index contributed by atoms with van der Waals surface area (Å²) in [4.78, 5) is 43.4. The van der Waals surface area contributed by atoms with E-state index in [1.807, 2.05) is 38.1 Å². The number of ether oxygens (including phenoxy) is 11. The van der Waals surface area contributed by atoms with Gasteiger partial charge in [0.1, 0.15) is 24.7 Å². The van der Waals surface area contributed by atoms with E-state index in [4.69, 9.17) is 61.4 Å². The highest BCUT2D eigenvalue weighted by molar-refractivity contribution is 7.85. The quantitative estimate of drug-likeness (QED) is 0.0296. The fraction of sp³-hybridized carbons (Fsp3) is 0.633. The van der Waals surface area contributed by atoms with Crippen LogP contribution in [0.4, 0.5) is 5.69 Å². The van der Waals surface area contributed by atoms with Gasteiger partial charge in [-0.25, -0.2) is 9.37 Å². The third kappa shape index (κ3) is 23.8. The summed E-state index contributed by atoms with van der Waals surface area (Å²) < 4.78 is 105. The van der Waals surface area contributed by atoms with E-state index in [1.54, 1.807) is 20.3 Å². The Bertz CT molecular complexity index is 2650. The van der Waals surface area contributed by atoms with Gasteiger partial charge in [0, 0.05) is 73.9 Å². The lowest BCUT2D eigenvalue weighted by Gasteiger charge is -2.27. The molecule has 23 heteroatoms. The molecule has 22 nitrogen and oxygen atoms in total. The molecule has 1 fully saturated rings. The van der Waals surface area contributed by atoms with Crippen molar-refractivity contribution in [2.45, 2.75) is 88.9 Å². The van der Waals surface area contributed by atoms with E-state index in [2.05, 4.69) is 48.4 Å². The van der Waals surface area contributed by atoms with Crippen molar-refractivity contribution in [3.63, 3.8) is 0 Å². The van der Waals surface area contributed by atoms with Crippen LogP contribution in [0, 0.1) is 0 Å². The molecule has 0 saturated carbocycles. The van der Waals surface area contributed by atoms with Crippen molar-refractivity contribution in [3.8, 4) is 11.3 Å². The molecule has 5 rings (SSSR count). The number of allylic oxidation sites excluding steroid dienone is 3. The van der Waals surface area contributed by atoms with Gasteiger partial charge in [0.2, 0.25) is 5.36 Å². The maximum Gasteiger partial charge on any atom is 0.333 e. The molecule has 2 amide bonds. The van der Waals surface area contributed by atoms with Gasteiger partial charge in [0.05, 0.1) is 130 Å². The molecule has 1 N–H and O–H groups in total. The Balaban J connectivity index is 1.28. The topological polar surface area (TPSA) is 239 Å². The Morgan fingerprint density at radius 3 is 1.64 bits per heavy atom. The molecule has 464 valence electrons. The normalized spacial score (nSPS) is 15.4. The summed E-state index contributed by atoms with van der Waals surface area (Å²) in [5.74, 6) is -0.229. The van der Waals surface area contributed by atoms with Gasteiger partial charge in [-0.2, -0.15) is 8.42 Å². The van der Waals surface area contributed by atoms with Gasteiger partial charge in [0.15, 0.2) is 13.1 Å². The molecule has 0 spiro atoms. The number of carbonyl (C=O) groups is 3. The first-order valence-electron chi connectivity index (χ1n) is 28.6. The lowest BCUT2D eigenvalue weighted by atomic mass is 9.83. The van der Waals surface area contributed by atoms with E-state index in [0.717, 1.165) is 39.2 Å².